The first-order valence-electron chi connectivity index (χ1n) is 9.52. The second-order valence-electron chi connectivity index (χ2n) is 7.11. The molecule has 1 aliphatic rings. The van der Waals surface area contributed by atoms with Crippen molar-refractivity contribution < 1.29 is 23.3 Å². The molecule has 1 unspecified atom stereocenters. The molecule has 3 aromatic rings. The van der Waals surface area contributed by atoms with Crippen LogP contribution in [-0.2, 0) is 16.1 Å². The van der Waals surface area contributed by atoms with Gasteiger partial charge in [-0.05, 0) is 35.2 Å². The van der Waals surface area contributed by atoms with Crippen molar-refractivity contribution in [3.8, 4) is 11.1 Å². The van der Waals surface area contributed by atoms with Crippen LogP contribution in [0.1, 0.15) is 12.5 Å². The van der Waals surface area contributed by atoms with Gasteiger partial charge in [-0.3, -0.25) is 9.69 Å². The van der Waals surface area contributed by atoms with Gasteiger partial charge in [0, 0.05) is 35.6 Å². The monoisotopic (exact) mass is 426 g/mol. The van der Waals surface area contributed by atoms with Gasteiger partial charge in [0.15, 0.2) is 18.9 Å². The van der Waals surface area contributed by atoms with Gasteiger partial charge >= 0.3 is 6.09 Å². The van der Waals surface area contributed by atoms with Crippen molar-refractivity contribution in [1.29, 1.82) is 0 Å². The third-order valence-electron chi connectivity index (χ3n) is 4.86. The summed E-state index contributed by atoms with van der Waals surface area (Å²) in [5.41, 5.74) is 2.87. The summed E-state index contributed by atoms with van der Waals surface area (Å²) in [5.74, 6) is -0.611. The molecule has 6 nitrogen and oxygen atoms in total. The van der Waals surface area contributed by atoms with Crippen LogP contribution in [0.3, 0.4) is 0 Å². The van der Waals surface area contributed by atoms with Gasteiger partial charge in [-0.2, -0.15) is 11.3 Å². The molecule has 2 aromatic heterocycles. The van der Waals surface area contributed by atoms with Crippen LogP contribution in [0.2, 0.25) is 0 Å². The number of rotatable bonds is 6. The molecule has 1 aliphatic heterocycles. The molecule has 0 spiro atoms. The SMILES string of the molecule is CC(=O)NCC1CN(c2ccc(-c3cc[n+](Cc4ccsc4)cc3)c(F)c2)C(=O)O1. The lowest BCUT2D eigenvalue weighted by atomic mass is 10.1. The molecule has 3 heterocycles. The Morgan fingerprint density at radius 1 is 1.30 bits per heavy atom. The van der Waals surface area contributed by atoms with Crippen molar-refractivity contribution in [3.05, 3.63) is 70.9 Å². The van der Waals surface area contributed by atoms with Crippen molar-refractivity contribution in [2.45, 2.75) is 19.6 Å². The predicted octanol–water partition coefficient (Wildman–Crippen LogP) is 3.35. The highest BCUT2D eigenvalue weighted by molar-refractivity contribution is 7.07. The molecule has 2 amide bonds. The molecular formula is C22H21FN3O3S+. The standard InChI is InChI=1S/C22H20FN3O3S/c1-15(27)24-11-19-13-26(22(28)29-19)18-2-3-20(21(23)10-18)17-4-7-25(8-5-17)12-16-6-9-30-14-16/h2-10,14,19H,11-13H2,1H3/p+1. The summed E-state index contributed by atoms with van der Waals surface area (Å²) in [5, 5.41) is 6.76. The summed E-state index contributed by atoms with van der Waals surface area (Å²) >= 11 is 1.66. The molecule has 1 aromatic carbocycles. The molecule has 0 radical (unpaired) electrons. The molecule has 1 fully saturated rings. The molecule has 154 valence electrons. The molecule has 1 N–H and O–H groups in total. The average Bonchev–Trinajstić information content (AvgIpc) is 3.36. The number of benzene rings is 1. The van der Waals surface area contributed by atoms with E-state index in [1.807, 2.05) is 34.5 Å². The summed E-state index contributed by atoms with van der Waals surface area (Å²) in [7, 11) is 0. The number of aromatic nitrogens is 1. The van der Waals surface area contributed by atoms with E-state index < -0.39 is 18.0 Å². The molecule has 1 atom stereocenters. The molecule has 30 heavy (non-hydrogen) atoms. The number of pyridine rings is 1. The van der Waals surface area contributed by atoms with E-state index in [0.717, 1.165) is 12.1 Å². The minimum atomic E-state index is -0.549. The Morgan fingerprint density at radius 3 is 2.77 bits per heavy atom. The zero-order valence-electron chi connectivity index (χ0n) is 16.4. The number of halogens is 1. The maximum Gasteiger partial charge on any atom is 0.414 e. The summed E-state index contributed by atoms with van der Waals surface area (Å²) in [4.78, 5) is 24.5. The molecule has 0 aliphatic carbocycles. The number of cyclic esters (lactones) is 1. The Labute approximate surface area is 177 Å². The van der Waals surface area contributed by atoms with Crippen LogP contribution in [-0.4, -0.2) is 31.2 Å². The van der Waals surface area contributed by atoms with Crippen LogP contribution < -0.4 is 14.8 Å². The van der Waals surface area contributed by atoms with Crippen LogP contribution >= 0.6 is 11.3 Å². The van der Waals surface area contributed by atoms with Gasteiger partial charge in [0.1, 0.15) is 11.9 Å². The summed E-state index contributed by atoms with van der Waals surface area (Å²) < 4.78 is 22.1. The second-order valence-corrected chi connectivity index (χ2v) is 7.89. The zero-order chi connectivity index (χ0) is 21.1. The summed E-state index contributed by atoms with van der Waals surface area (Å²) in [6.07, 6.45) is 2.83. The van der Waals surface area contributed by atoms with Gasteiger partial charge < -0.3 is 10.1 Å². The summed E-state index contributed by atoms with van der Waals surface area (Å²) in [6.45, 7) is 2.65. The van der Waals surface area contributed by atoms with Crippen LogP contribution in [0, 0.1) is 5.82 Å². The lowest BCUT2D eigenvalue weighted by molar-refractivity contribution is -0.688. The highest BCUT2D eigenvalue weighted by atomic mass is 32.1. The first kappa shape index (κ1) is 20.0. The largest absolute Gasteiger partial charge is 0.442 e. The number of thiophene rings is 1. The smallest absolute Gasteiger partial charge is 0.414 e. The Kier molecular flexibility index (Phi) is 5.76. The lowest BCUT2D eigenvalue weighted by Crippen LogP contribution is -2.33. The van der Waals surface area contributed by atoms with Crippen LogP contribution in [0.4, 0.5) is 14.9 Å². The van der Waals surface area contributed by atoms with E-state index in [1.54, 1.807) is 23.5 Å². The van der Waals surface area contributed by atoms with Gasteiger partial charge in [0.05, 0.1) is 18.8 Å². The Balaban J connectivity index is 1.47. The molecule has 0 bridgehead atoms. The van der Waals surface area contributed by atoms with Crippen molar-refractivity contribution >= 4 is 29.0 Å². The van der Waals surface area contributed by atoms with Crippen molar-refractivity contribution in [1.82, 2.24) is 5.32 Å². The Hall–Kier alpha value is -3.26. The highest BCUT2D eigenvalue weighted by Crippen LogP contribution is 2.28. The highest BCUT2D eigenvalue weighted by Gasteiger charge is 2.32. The topological polar surface area (TPSA) is 62.5 Å². The normalized spacial score (nSPS) is 15.9. The van der Waals surface area contributed by atoms with E-state index in [-0.39, 0.29) is 19.0 Å². The first-order chi connectivity index (χ1) is 14.5. The number of ether oxygens (including phenoxy) is 1. The van der Waals surface area contributed by atoms with Crippen LogP contribution in [0.15, 0.2) is 59.6 Å². The minimum Gasteiger partial charge on any atom is -0.442 e. The fourth-order valence-electron chi connectivity index (χ4n) is 3.34. The fourth-order valence-corrected chi connectivity index (χ4v) is 4.00. The number of nitrogens with zero attached hydrogens (tertiary/aromatic N) is 2. The number of anilines is 1. The molecule has 4 rings (SSSR count). The molecular weight excluding hydrogens is 405 g/mol. The summed E-state index contributed by atoms with van der Waals surface area (Å²) in [6, 6.07) is 10.5. The van der Waals surface area contributed by atoms with Crippen LogP contribution in [0.5, 0.6) is 0 Å². The zero-order valence-corrected chi connectivity index (χ0v) is 17.2. The van der Waals surface area contributed by atoms with Gasteiger partial charge in [0.25, 0.3) is 0 Å². The van der Waals surface area contributed by atoms with Gasteiger partial charge in [-0.1, -0.05) is 0 Å². The first-order valence-corrected chi connectivity index (χ1v) is 10.5. The number of hydrogen-bond acceptors (Lipinski definition) is 4. The third-order valence-corrected chi connectivity index (χ3v) is 5.60. The molecule has 1 saturated heterocycles. The third kappa shape index (κ3) is 4.49. The Morgan fingerprint density at radius 2 is 2.10 bits per heavy atom. The predicted molar refractivity (Wildman–Crippen MR) is 112 cm³/mol. The minimum absolute atomic E-state index is 0.195. The van der Waals surface area contributed by atoms with Gasteiger partial charge in [-0.25, -0.2) is 13.8 Å². The average molecular weight is 426 g/mol. The Bertz CT molecular complexity index is 1050. The number of nitrogens with one attached hydrogen (secondary N) is 1. The van der Waals surface area contributed by atoms with E-state index in [2.05, 4.69) is 16.8 Å². The lowest BCUT2D eigenvalue weighted by Gasteiger charge is -2.14. The van der Waals surface area contributed by atoms with E-state index in [4.69, 9.17) is 4.74 Å². The van der Waals surface area contributed by atoms with Crippen molar-refractivity contribution in [2.24, 2.45) is 0 Å². The van der Waals surface area contributed by atoms with E-state index in [9.17, 15) is 14.0 Å². The van der Waals surface area contributed by atoms with E-state index >= 15 is 0 Å². The number of hydrogen-bond donors (Lipinski definition) is 1. The molecule has 0 saturated carbocycles. The second kappa shape index (κ2) is 8.62. The van der Waals surface area contributed by atoms with Crippen molar-refractivity contribution in [2.75, 3.05) is 18.0 Å². The number of carbonyl (C=O) groups is 2. The van der Waals surface area contributed by atoms with Gasteiger partial charge in [-0.15, -0.1) is 0 Å². The van der Waals surface area contributed by atoms with Gasteiger partial charge in [0.2, 0.25) is 5.91 Å². The maximum atomic E-state index is 14.8. The van der Waals surface area contributed by atoms with Crippen LogP contribution in [0.25, 0.3) is 11.1 Å². The number of carbonyl (C=O) groups excluding carboxylic acids is 2. The van der Waals surface area contributed by atoms with E-state index in [1.165, 1.54) is 23.5 Å². The number of amides is 2. The van der Waals surface area contributed by atoms with Crippen molar-refractivity contribution in [3.63, 3.8) is 0 Å². The fraction of sp³-hybridized carbons (Fsp3) is 0.227. The molecule has 8 heteroatoms. The van der Waals surface area contributed by atoms with E-state index in [0.29, 0.717) is 11.3 Å². The maximum absolute atomic E-state index is 14.8. The quantitative estimate of drug-likeness (QED) is 0.615.